The molecule has 1 heterocycles. The topological polar surface area (TPSA) is 73.1 Å². The fraction of sp³-hybridized carbons (Fsp3) is 0.286. The van der Waals surface area contributed by atoms with Crippen molar-refractivity contribution < 1.29 is 4.74 Å². The third-order valence-corrected chi connectivity index (χ3v) is 2.84. The lowest BCUT2D eigenvalue weighted by Gasteiger charge is -2.12. The Balaban J connectivity index is 2.35. The molecule has 0 bridgehead atoms. The van der Waals surface area contributed by atoms with Gasteiger partial charge >= 0.3 is 0 Å². The Morgan fingerprint density at radius 2 is 1.84 bits per heavy atom. The highest BCUT2D eigenvalue weighted by molar-refractivity contribution is 5.48. The Morgan fingerprint density at radius 3 is 2.42 bits per heavy atom. The minimum Gasteiger partial charge on any atom is -0.439 e. The van der Waals surface area contributed by atoms with Crippen LogP contribution in [-0.2, 0) is 6.42 Å². The van der Waals surface area contributed by atoms with Crippen LogP contribution in [0.25, 0.3) is 0 Å². The van der Waals surface area contributed by atoms with E-state index in [2.05, 4.69) is 15.4 Å². The van der Waals surface area contributed by atoms with E-state index in [1.54, 1.807) is 0 Å². The molecule has 5 nitrogen and oxygen atoms in total. The van der Waals surface area contributed by atoms with Crippen LogP contribution in [0.4, 0.5) is 5.82 Å². The number of aryl methyl sites for hydroxylation is 2. The van der Waals surface area contributed by atoms with Gasteiger partial charge in [-0.25, -0.2) is 10.8 Å². The van der Waals surface area contributed by atoms with Gasteiger partial charge in [0.15, 0.2) is 0 Å². The van der Waals surface area contributed by atoms with Gasteiger partial charge < -0.3 is 10.2 Å². The minimum atomic E-state index is 0.531. The first-order valence-electron chi connectivity index (χ1n) is 6.22. The van der Waals surface area contributed by atoms with Gasteiger partial charge in [0, 0.05) is 6.42 Å². The summed E-state index contributed by atoms with van der Waals surface area (Å²) in [7, 11) is 0. The molecular weight excluding hydrogens is 240 g/mol. The first-order chi connectivity index (χ1) is 9.13. The van der Waals surface area contributed by atoms with E-state index in [1.165, 1.54) is 5.56 Å². The molecule has 0 aliphatic rings. The van der Waals surface area contributed by atoms with Crippen LogP contribution < -0.4 is 16.0 Å². The molecule has 5 heteroatoms. The summed E-state index contributed by atoms with van der Waals surface area (Å²) < 4.78 is 5.80. The van der Waals surface area contributed by atoms with Crippen molar-refractivity contribution in [3.05, 3.63) is 41.2 Å². The molecule has 0 amide bonds. The van der Waals surface area contributed by atoms with Gasteiger partial charge in [-0.3, -0.25) is 0 Å². The molecule has 0 fully saturated rings. The summed E-state index contributed by atoms with van der Waals surface area (Å²) in [6, 6.07) is 7.82. The van der Waals surface area contributed by atoms with Crippen LogP contribution in [0, 0.1) is 13.8 Å². The van der Waals surface area contributed by atoms with E-state index in [0.29, 0.717) is 17.5 Å². The molecule has 0 unspecified atom stereocenters. The highest BCUT2D eigenvalue weighted by Gasteiger charge is 2.11. The van der Waals surface area contributed by atoms with Crippen molar-refractivity contribution in [3.8, 4) is 11.6 Å². The normalized spacial score (nSPS) is 10.3. The van der Waals surface area contributed by atoms with Gasteiger partial charge in [0.25, 0.3) is 0 Å². The molecule has 100 valence electrons. The zero-order valence-electron chi connectivity index (χ0n) is 11.4. The summed E-state index contributed by atoms with van der Waals surface area (Å²) in [6.07, 6.45) is 0.721. The van der Waals surface area contributed by atoms with Crippen molar-refractivity contribution in [1.82, 2.24) is 9.97 Å². The average molecular weight is 258 g/mol. The standard InChI is InChI=1S/C14H18N4O/c1-4-12-16-13(18-15)10(3)14(17-12)19-11-7-5-9(2)6-8-11/h5-8H,4,15H2,1-3H3,(H,16,17,18). The van der Waals surface area contributed by atoms with Gasteiger partial charge in [-0.15, -0.1) is 0 Å². The second-order valence-corrected chi connectivity index (χ2v) is 4.33. The van der Waals surface area contributed by atoms with E-state index in [0.717, 1.165) is 17.7 Å². The molecular formula is C14H18N4O. The maximum Gasteiger partial charge on any atom is 0.227 e. The van der Waals surface area contributed by atoms with Crippen molar-refractivity contribution in [2.75, 3.05) is 5.43 Å². The summed E-state index contributed by atoms with van der Waals surface area (Å²) in [4.78, 5) is 8.69. The maximum atomic E-state index is 5.80. The summed E-state index contributed by atoms with van der Waals surface area (Å²) >= 11 is 0. The summed E-state index contributed by atoms with van der Waals surface area (Å²) in [5.74, 6) is 8.03. The van der Waals surface area contributed by atoms with Crippen molar-refractivity contribution in [3.63, 3.8) is 0 Å². The van der Waals surface area contributed by atoms with Crippen molar-refractivity contribution >= 4 is 5.82 Å². The number of anilines is 1. The minimum absolute atomic E-state index is 0.531. The van der Waals surface area contributed by atoms with Gasteiger partial charge in [0.1, 0.15) is 17.4 Å². The molecule has 3 N–H and O–H groups in total. The van der Waals surface area contributed by atoms with Gasteiger partial charge in [0.2, 0.25) is 5.88 Å². The van der Waals surface area contributed by atoms with Crippen LogP contribution in [-0.4, -0.2) is 9.97 Å². The quantitative estimate of drug-likeness (QED) is 0.651. The zero-order chi connectivity index (χ0) is 13.8. The molecule has 0 radical (unpaired) electrons. The average Bonchev–Trinajstić information content (AvgIpc) is 2.43. The number of hydrazine groups is 1. The number of nitrogens with zero attached hydrogens (tertiary/aromatic N) is 2. The lowest BCUT2D eigenvalue weighted by Crippen LogP contribution is -2.13. The Hall–Kier alpha value is -2.14. The number of nitrogen functional groups attached to an aromatic ring is 1. The monoisotopic (exact) mass is 258 g/mol. The summed E-state index contributed by atoms with van der Waals surface area (Å²) in [5.41, 5.74) is 4.55. The van der Waals surface area contributed by atoms with Crippen molar-refractivity contribution in [1.29, 1.82) is 0 Å². The van der Waals surface area contributed by atoms with E-state index in [9.17, 15) is 0 Å². The molecule has 1 aromatic heterocycles. The third kappa shape index (κ3) is 3.00. The fourth-order valence-electron chi connectivity index (χ4n) is 1.66. The van der Waals surface area contributed by atoms with Crippen LogP contribution in [0.15, 0.2) is 24.3 Å². The second kappa shape index (κ2) is 5.67. The zero-order valence-corrected chi connectivity index (χ0v) is 11.4. The highest BCUT2D eigenvalue weighted by Crippen LogP contribution is 2.26. The highest BCUT2D eigenvalue weighted by atomic mass is 16.5. The second-order valence-electron chi connectivity index (χ2n) is 4.33. The Labute approximate surface area is 112 Å². The molecule has 0 saturated carbocycles. The number of nitrogens with two attached hydrogens (primary N) is 1. The summed E-state index contributed by atoms with van der Waals surface area (Å²) in [6.45, 7) is 5.89. The molecule has 0 aliphatic carbocycles. The molecule has 19 heavy (non-hydrogen) atoms. The Morgan fingerprint density at radius 1 is 1.16 bits per heavy atom. The van der Waals surface area contributed by atoms with Crippen LogP contribution in [0.1, 0.15) is 23.9 Å². The van der Waals surface area contributed by atoms with E-state index in [4.69, 9.17) is 10.6 Å². The lowest BCUT2D eigenvalue weighted by molar-refractivity contribution is 0.455. The number of hydrogen-bond donors (Lipinski definition) is 2. The fourth-order valence-corrected chi connectivity index (χ4v) is 1.66. The smallest absolute Gasteiger partial charge is 0.227 e. The van der Waals surface area contributed by atoms with Crippen LogP contribution in [0.3, 0.4) is 0 Å². The Bertz CT molecular complexity index is 566. The van der Waals surface area contributed by atoms with E-state index in [1.807, 2.05) is 45.0 Å². The first-order valence-corrected chi connectivity index (χ1v) is 6.22. The van der Waals surface area contributed by atoms with Crippen LogP contribution >= 0.6 is 0 Å². The van der Waals surface area contributed by atoms with Gasteiger partial charge in [-0.2, -0.15) is 4.98 Å². The number of aromatic nitrogens is 2. The lowest BCUT2D eigenvalue weighted by atomic mass is 10.2. The van der Waals surface area contributed by atoms with Crippen LogP contribution in [0.5, 0.6) is 11.6 Å². The van der Waals surface area contributed by atoms with Crippen molar-refractivity contribution in [2.24, 2.45) is 5.84 Å². The predicted octanol–water partition coefficient (Wildman–Crippen LogP) is 2.73. The maximum absolute atomic E-state index is 5.80. The molecule has 0 spiro atoms. The number of nitrogens with one attached hydrogen (secondary N) is 1. The SMILES string of the molecule is CCc1nc(NN)c(C)c(Oc2ccc(C)cc2)n1. The van der Waals surface area contributed by atoms with E-state index in [-0.39, 0.29) is 0 Å². The number of ether oxygens (including phenoxy) is 1. The van der Waals surface area contributed by atoms with E-state index < -0.39 is 0 Å². The largest absolute Gasteiger partial charge is 0.439 e. The number of rotatable bonds is 4. The number of hydrogen-bond acceptors (Lipinski definition) is 5. The number of benzene rings is 1. The summed E-state index contributed by atoms with van der Waals surface area (Å²) in [5, 5.41) is 0. The van der Waals surface area contributed by atoms with E-state index >= 15 is 0 Å². The van der Waals surface area contributed by atoms with Gasteiger partial charge in [-0.1, -0.05) is 24.6 Å². The van der Waals surface area contributed by atoms with Crippen molar-refractivity contribution in [2.45, 2.75) is 27.2 Å². The molecule has 0 saturated heterocycles. The Kier molecular flexibility index (Phi) is 3.97. The van der Waals surface area contributed by atoms with Crippen LogP contribution in [0.2, 0.25) is 0 Å². The third-order valence-electron chi connectivity index (χ3n) is 2.84. The molecule has 0 atom stereocenters. The van der Waals surface area contributed by atoms with Gasteiger partial charge in [-0.05, 0) is 26.0 Å². The molecule has 1 aromatic carbocycles. The predicted molar refractivity (Wildman–Crippen MR) is 75.2 cm³/mol. The first kappa shape index (κ1) is 13.3. The van der Waals surface area contributed by atoms with Gasteiger partial charge in [0.05, 0.1) is 5.56 Å². The molecule has 0 aliphatic heterocycles. The molecule has 2 aromatic rings. The molecule has 2 rings (SSSR count).